The third-order valence-electron chi connectivity index (χ3n) is 4.06. The maximum atomic E-state index is 6.35. The maximum Gasteiger partial charge on any atom is 0.486 e. The van der Waals surface area contributed by atoms with Gasteiger partial charge in [-0.3, -0.25) is 0 Å². The van der Waals surface area contributed by atoms with Crippen molar-refractivity contribution in [3.8, 4) is 0 Å². The summed E-state index contributed by atoms with van der Waals surface area (Å²) in [4.78, 5) is 0. The van der Waals surface area contributed by atoms with E-state index in [-0.39, 0.29) is 0 Å². The van der Waals surface area contributed by atoms with E-state index >= 15 is 0 Å². The van der Waals surface area contributed by atoms with Gasteiger partial charge in [0.1, 0.15) is 0 Å². The minimum absolute atomic E-state index is 0.634. The Kier molecular flexibility index (Phi) is 11.2. The van der Waals surface area contributed by atoms with E-state index < -0.39 is 33.5 Å². The Hall–Kier alpha value is 0.708. The normalized spacial score (nSPS) is 18.0. The third kappa shape index (κ3) is 13.5. The van der Waals surface area contributed by atoms with Crippen LogP contribution in [0.3, 0.4) is 0 Å². The summed E-state index contributed by atoms with van der Waals surface area (Å²) in [5, 5.41) is 0. The Morgan fingerprint density at radius 1 is 0.720 bits per heavy atom. The van der Waals surface area contributed by atoms with E-state index in [9.17, 15) is 0 Å². The lowest BCUT2D eigenvalue weighted by Gasteiger charge is -2.35. The van der Waals surface area contributed by atoms with Gasteiger partial charge in [0.05, 0.1) is 6.23 Å². The van der Waals surface area contributed by atoms with E-state index in [4.69, 9.17) is 17.4 Å². The maximum absolute atomic E-state index is 6.35. The van der Waals surface area contributed by atoms with E-state index in [1.165, 1.54) is 18.9 Å². The van der Waals surface area contributed by atoms with Crippen LogP contribution in [0.25, 0.3) is 0 Å². The summed E-state index contributed by atoms with van der Waals surface area (Å²) in [5.41, 5.74) is 0. The number of rotatable bonds is 14. The minimum atomic E-state index is -2.57. The molecule has 2 atom stereocenters. The molecule has 8 heteroatoms. The van der Waals surface area contributed by atoms with Crippen molar-refractivity contribution >= 4 is 33.5 Å². The van der Waals surface area contributed by atoms with Crippen molar-refractivity contribution in [2.45, 2.75) is 91.2 Å². The lowest BCUT2D eigenvalue weighted by molar-refractivity contribution is 0.124. The SMILES string of the molecule is CCO[Si](C)(OC[Si](C)(CC)OCCCC[Si](C)(C)C)O[Si](C)(C)C. The molecule has 0 aromatic rings. The van der Waals surface area contributed by atoms with Gasteiger partial charge in [0.25, 0.3) is 0 Å². The molecule has 0 bridgehead atoms. The van der Waals surface area contributed by atoms with Crippen LogP contribution in [0.15, 0.2) is 0 Å². The molecule has 0 aliphatic carbocycles. The Morgan fingerprint density at radius 2 is 1.32 bits per heavy atom. The van der Waals surface area contributed by atoms with Crippen LogP contribution in [0.2, 0.25) is 64.5 Å². The van der Waals surface area contributed by atoms with Crippen LogP contribution < -0.4 is 0 Å². The fraction of sp³-hybridized carbons (Fsp3) is 1.00. The summed E-state index contributed by atoms with van der Waals surface area (Å²) < 4.78 is 24.9. The van der Waals surface area contributed by atoms with E-state index in [1.54, 1.807) is 0 Å². The molecule has 0 saturated heterocycles. The zero-order valence-corrected chi connectivity index (χ0v) is 22.6. The highest BCUT2D eigenvalue weighted by molar-refractivity contribution is 6.80. The van der Waals surface area contributed by atoms with E-state index in [2.05, 4.69) is 52.8 Å². The first-order chi connectivity index (χ1) is 11.2. The fourth-order valence-electron chi connectivity index (χ4n) is 2.52. The molecular weight excluding hydrogens is 381 g/mol. The minimum Gasteiger partial charge on any atom is -0.416 e. The quantitative estimate of drug-likeness (QED) is 0.263. The molecule has 0 N–H and O–H groups in total. The van der Waals surface area contributed by atoms with Crippen LogP contribution in [-0.2, 0) is 17.4 Å². The molecule has 0 heterocycles. The van der Waals surface area contributed by atoms with Gasteiger partial charge in [-0.25, -0.2) is 0 Å². The van der Waals surface area contributed by atoms with Crippen LogP contribution in [-0.4, -0.2) is 53.0 Å². The number of unbranched alkanes of at least 4 members (excludes halogenated alkanes) is 1. The zero-order chi connectivity index (χ0) is 19.8. The van der Waals surface area contributed by atoms with Gasteiger partial charge in [0.15, 0.2) is 8.32 Å². The Labute approximate surface area is 161 Å². The topological polar surface area (TPSA) is 36.9 Å². The molecule has 0 aromatic carbocycles. The summed E-state index contributed by atoms with van der Waals surface area (Å²) in [5.74, 6) is 0. The first-order valence-corrected chi connectivity index (χ1v) is 22.0. The first-order valence-electron chi connectivity index (χ1n) is 9.86. The van der Waals surface area contributed by atoms with Crippen molar-refractivity contribution in [3.63, 3.8) is 0 Å². The summed E-state index contributed by atoms with van der Waals surface area (Å²) >= 11 is 0. The first kappa shape index (κ1) is 25.7. The largest absolute Gasteiger partial charge is 0.486 e. The van der Waals surface area contributed by atoms with Gasteiger partial charge < -0.3 is 17.4 Å². The van der Waals surface area contributed by atoms with Gasteiger partial charge >= 0.3 is 8.80 Å². The van der Waals surface area contributed by atoms with Crippen LogP contribution in [0.5, 0.6) is 0 Å². The van der Waals surface area contributed by atoms with Gasteiger partial charge in [0.2, 0.25) is 8.32 Å². The Balaban J connectivity index is 4.50. The van der Waals surface area contributed by atoms with Crippen LogP contribution in [0, 0.1) is 0 Å². The van der Waals surface area contributed by atoms with E-state index in [0.29, 0.717) is 12.8 Å². The highest BCUT2D eigenvalue weighted by Gasteiger charge is 2.42. The smallest absolute Gasteiger partial charge is 0.416 e. The molecular formula is C17H44O4Si4. The lowest BCUT2D eigenvalue weighted by Crippen LogP contribution is -2.53. The molecule has 25 heavy (non-hydrogen) atoms. The lowest BCUT2D eigenvalue weighted by atomic mass is 10.4. The van der Waals surface area contributed by atoms with Crippen LogP contribution in [0.1, 0.15) is 26.7 Å². The summed E-state index contributed by atoms with van der Waals surface area (Å²) in [6.45, 7) is 23.9. The zero-order valence-electron chi connectivity index (χ0n) is 18.6. The molecule has 0 fully saturated rings. The molecule has 152 valence electrons. The van der Waals surface area contributed by atoms with E-state index in [0.717, 1.165) is 12.7 Å². The van der Waals surface area contributed by atoms with Gasteiger partial charge in [-0.2, -0.15) is 0 Å². The molecule has 4 nitrogen and oxygen atoms in total. The van der Waals surface area contributed by atoms with Gasteiger partial charge in [0, 0.05) is 27.8 Å². The second kappa shape index (κ2) is 10.9. The second-order valence-corrected chi connectivity index (χ2v) is 26.6. The van der Waals surface area contributed by atoms with Crippen molar-refractivity contribution in [2.24, 2.45) is 0 Å². The molecule has 0 aliphatic heterocycles. The average Bonchev–Trinajstić information content (AvgIpc) is 2.42. The van der Waals surface area contributed by atoms with Crippen LogP contribution in [0.4, 0.5) is 0 Å². The number of hydrogen-bond acceptors (Lipinski definition) is 4. The summed E-state index contributed by atoms with van der Waals surface area (Å²) in [7, 11) is -7.05. The predicted molar refractivity (Wildman–Crippen MR) is 119 cm³/mol. The third-order valence-corrected chi connectivity index (χ3v) is 14.8. The van der Waals surface area contributed by atoms with E-state index in [1.807, 2.05) is 13.5 Å². The predicted octanol–water partition coefficient (Wildman–Crippen LogP) is 5.73. The molecule has 0 radical (unpaired) electrons. The van der Waals surface area contributed by atoms with Gasteiger partial charge in [-0.15, -0.1) is 0 Å². The molecule has 2 unspecified atom stereocenters. The van der Waals surface area contributed by atoms with Gasteiger partial charge in [-0.1, -0.05) is 39.0 Å². The van der Waals surface area contributed by atoms with Gasteiger partial charge in [-0.05, 0) is 45.6 Å². The summed E-state index contributed by atoms with van der Waals surface area (Å²) in [6, 6.07) is 2.45. The van der Waals surface area contributed by atoms with Crippen molar-refractivity contribution in [2.75, 3.05) is 19.4 Å². The highest BCUT2D eigenvalue weighted by Crippen LogP contribution is 2.21. The van der Waals surface area contributed by atoms with Crippen LogP contribution >= 0.6 is 0 Å². The van der Waals surface area contributed by atoms with Crippen molar-refractivity contribution in [1.29, 1.82) is 0 Å². The molecule has 0 amide bonds. The van der Waals surface area contributed by atoms with Crippen molar-refractivity contribution in [1.82, 2.24) is 0 Å². The average molecular weight is 425 g/mol. The number of hydrogen-bond donors (Lipinski definition) is 0. The van der Waals surface area contributed by atoms with Crippen molar-refractivity contribution < 1.29 is 17.4 Å². The standard InChI is InChI=1S/C17H44O4Si4/c1-11-18-25(10,21-23(6,7)8)20-17-24(9,12-2)19-15-13-14-16-22(3,4)5/h11-17H2,1-10H3. The monoisotopic (exact) mass is 424 g/mol. The molecule has 0 saturated carbocycles. The second-order valence-electron chi connectivity index (χ2n) is 9.47. The highest BCUT2D eigenvalue weighted by atomic mass is 28.5. The fourth-order valence-corrected chi connectivity index (χ4v) is 12.8. The molecule has 0 aromatic heterocycles. The van der Waals surface area contributed by atoms with Crippen molar-refractivity contribution in [3.05, 3.63) is 0 Å². The summed E-state index contributed by atoms with van der Waals surface area (Å²) in [6.07, 6.45) is 3.12. The molecule has 0 aliphatic rings. The Bertz CT molecular complexity index is 371. The molecule has 0 rings (SSSR count). The Morgan fingerprint density at radius 3 is 1.76 bits per heavy atom. The molecule has 0 spiro atoms.